The Hall–Kier alpha value is -4.33. The lowest BCUT2D eigenvalue weighted by Crippen LogP contribution is -2.58. The Labute approximate surface area is 229 Å². The molecule has 0 aromatic heterocycles. The number of hydrogen-bond donors (Lipinski definition) is 2. The van der Waals surface area contributed by atoms with Gasteiger partial charge in [0, 0.05) is 17.9 Å². The zero-order valence-corrected chi connectivity index (χ0v) is 21.5. The molecule has 1 fully saturated rings. The van der Waals surface area contributed by atoms with Crippen molar-refractivity contribution in [3.05, 3.63) is 95.3 Å². The van der Waals surface area contributed by atoms with E-state index in [9.17, 15) is 45.5 Å². The zero-order valence-electron chi connectivity index (χ0n) is 21.5. The van der Waals surface area contributed by atoms with Crippen LogP contribution in [-0.2, 0) is 18.9 Å². The molecule has 2 N–H and O–H groups in total. The Morgan fingerprint density at radius 1 is 0.927 bits per heavy atom. The van der Waals surface area contributed by atoms with E-state index in [4.69, 9.17) is 0 Å². The normalized spacial score (nSPS) is 17.1. The van der Waals surface area contributed by atoms with Crippen molar-refractivity contribution in [1.29, 1.82) is 0 Å². The first-order valence-corrected chi connectivity index (χ1v) is 12.0. The number of alkyl halides is 6. The van der Waals surface area contributed by atoms with Gasteiger partial charge >= 0.3 is 24.4 Å². The minimum Gasteiger partial charge on any atom is -0.311 e. The molecule has 1 atom stereocenters. The molecular formula is C27H23F7N4O3. The minimum absolute atomic E-state index is 0.0447. The van der Waals surface area contributed by atoms with E-state index in [0.29, 0.717) is 17.7 Å². The number of urea groups is 2. The van der Waals surface area contributed by atoms with E-state index in [2.05, 4.69) is 5.32 Å². The summed E-state index contributed by atoms with van der Waals surface area (Å²) in [6, 6.07) is 10.0. The third-order valence-corrected chi connectivity index (χ3v) is 6.60. The molecule has 1 saturated heterocycles. The van der Waals surface area contributed by atoms with E-state index in [1.54, 1.807) is 0 Å². The lowest BCUT2D eigenvalue weighted by atomic mass is 9.99. The van der Waals surface area contributed by atoms with Gasteiger partial charge in [0.05, 0.1) is 16.7 Å². The van der Waals surface area contributed by atoms with Gasteiger partial charge in [0.2, 0.25) is 0 Å². The van der Waals surface area contributed by atoms with Crippen molar-refractivity contribution in [3.8, 4) is 0 Å². The van der Waals surface area contributed by atoms with Gasteiger partial charge in [-0.3, -0.25) is 10.1 Å². The van der Waals surface area contributed by atoms with Crippen molar-refractivity contribution in [2.45, 2.75) is 44.4 Å². The topological polar surface area (TPSA) is 76.1 Å². The number of hydrogen-bond acceptors (Lipinski definition) is 3. The Morgan fingerprint density at radius 2 is 1.49 bits per heavy atom. The third-order valence-electron chi connectivity index (χ3n) is 6.60. The van der Waals surface area contributed by atoms with Gasteiger partial charge < -0.3 is 10.2 Å². The summed E-state index contributed by atoms with van der Waals surface area (Å²) in [7, 11) is 0. The van der Waals surface area contributed by atoms with Gasteiger partial charge in [-0.05, 0) is 67.9 Å². The van der Waals surface area contributed by atoms with Gasteiger partial charge in [0.1, 0.15) is 5.82 Å². The molecule has 14 heteroatoms. The quantitative estimate of drug-likeness (QED) is 0.187. The summed E-state index contributed by atoms with van der Waals surface area (Å²) in [5, 5.41) is 13.2. The lowest BCUT2D eigenvalue weighted by molar-refractivity contribution is -0.138. The molecule has 0 spiro atoms. The predicted octanol–water partition coefficient (Wildman–Crippen LogP) is 7.33. The van der Waals surface area contributed by atoms with Crippen LogP contribution in [0.5, 0.6) is 0 Å². The molecule has 1 heterocycles. The maximum absolute atomic E-state index is 13.7. The Morgan fingerprint density at radius 3 is 2.07 bits per heavy atom. The van der Waals surface area contributed by atoms with Crippen molar-refractivity contribution in [3.63, 3.8) is 0 Å². The number of nitrogens with zero attached hydrogens (tertiary/aromatic N) is 3. The fraction of sp³-hybridized carbons (Fsp3) is 0.259. The molecule has 0 saturated carbocycles. The number of amides is 4. The molecular weight excluding hydrogens is 561 g/mol. The summed E-state index contributed by atoms with van der Waals surface area (Å²) in [4.78, 5) is 28.7. The van der Waals surface area contributed by atoms with Crippen LogP contribution in [0.1, 0.15) is 30.5 Å². The molecule has 0 aliphatic carbocycles. The molecule has 4 rings (SSSR count). The highest BCUT2D eigenvalue weighted by molar-refractivity contribution is 5.98. The minimum atomic E-state index is -4.78. The number of anilines is 2. The number of benzene rings is 3. The van der Waals surface area contributed by atoms with Crippen molar-refractivity contribution in [2.75, 3.05) is 10.2 Å². The molecule has 1 aliphatic rings. The van der Waals surface area contributed by atoms with Gasteiger partial charge in [-0.25, -0.2) is 14.0 Å². The van der Waals surface area contributed by atoms with E-state index in [0.717, 1.165) is 47.4 Å². The van der Waals surface area contributed by atoms with Gasteiger partial charge in [-0.1, -0.05) is 24.3 Å². The number of halogens is 7. The second kappa shape index (κ2) is 10.6. The number of carbonyl (C=O) groups is 2. The van der Waals surface area contributed by atoms with E-state index >= 15 is 0 Å². The number of carbonyl (C=O) groups excluding carboxylic acids is 2. The molecule has 0 radical (unpaired) electrons. The van der Waals surface area contributed by atoms with Crippen molar-refractivity contribution in [1.82, 2.24) is 9.96 Å². The highest BCUT2D eigenvalue weighted by atomic mass is 19.4. The smallest absolute Gasteiger partial charge is 0.311 e. The SMILES string of the molecule is CC1(C)[C@H](N(O)C(=O)Nc2cccc(C(F)(F)F)c2)N(c2cccc(C(F)(F)F)c2)C(=O)N1Cc1ccc(F)cc1. The molecule has 218 valence electrons. The van der Waals surface area contributed by atoms with Gasteiger partial charge in [0.15, 0.2) is 6.17 Å². The van der Waals surface area contributed by atoms with Crippen LogP contribution in [0.3, 0.4) is 0 Å². The molecule has 3 aromatic carbocycles. The van der Waals surface area contributed by atoms with Crippen LogP contribution in [0.25, 0.3) is 0 Å². The third kappa shape index (κ3) is 6.06. The van der Waals surface area contributed by atoms with Crippen molar-refractivity contribution < 1.29 is 45.5 Å². The molecule has 41 heavy (non-hydrogen) atoms. The summed E-state index contributed by atoms with van der Waals surface area (Å²) < 4.78 is 93.3. The van der Waals surface area contributed by atoms with Crippen LogP contribution in [-0.4, -0.2) is 38.9 Å². The Kier molecular flexibility index (Phi) is 7.65. The average Bonchev–Trinajstić information content (AvgIpc) is 3.09. The fourth-order valence-corrected chi connectivity index (χ4v) is 4.54. The first-order valence-electron chi connectivity index (χ1n) is 12.0. The average molecular weight is 584 g/mol. The Balaban J connectivity index is 1.74. The van der Waals surface area contributed by atoms with Crippen LogP contribution in [0, 0.1) is 5.82 Å². The number of rotatable bonds is 5. The van der Waals surface area contributed by atoms with Gasteiger partial charge in [-0.15, -0.1) is 0 Å². The van der Waals surface area contributed by atoms with Crippen LogP contribution >= 0.6 is 0 Å². The summed E-state index contributed by atoms with van der Waals surface area (Å²) in [6.45, 7) is 2.70. The highest BCUT2D eigenvalue weighted by Gasteiger charge is 2.56. The van der Waals surface area contributed by atoms with E-state index < -0.39 is 53.1 Å². The summed E-state index contributed by atoms with van der Waals surface area (Å²) in [5.41, 5.74) is -3.88. The van der Waals surface area contributed by atoms with Crippen LogP contribution in [0.4, 0.5) is 51.7 Å². The highest BCUT2D eigenvalue weighted by Crippen LogP contribution is 2.41. The molecule has 0 bridgehead atoms. The van der Waals surface area contributed by atoms with Crippen molar-refractivity contribution >= 4 is 23.4 Å². The second-order valence-corrected chi connectivity index (χ2v) is 9.79. The van der Waals surface area contributed by atoms with Crippen LogP contribution in [0.15, 0.2) is 72.8 Å². The standard InChI is InChI=1S/C27H23F7N4O3/c1-25(2)22(38(41)23(39)35-20-7-3-5-17(13-20)26(29,30)31)37(21-8-4-6-18(14-21)27(32,33)34)24(40)36(25)15-16-9-11-19(28)12-10-16/h3-14,22,41H,15H2,1-2H3,(H,35,39)/t22-/m0/s1. The van der Waals surface area contributed by atoms with Gasteiger partial charge in [0.25, 0.3) is 0 Å². The molecule has 1 aliphatic heterocycles. The first kappa shape index (κ1) is 29.6. The van der Waals surface area contributed by atoms with E-state index in [-0.39, 0.29) is 23.0 Å². The molecule has 7 nitrogen and oxygen atoms in total. The fourth-order valence-electron chi connectivity index (χ4n) is 4.54. The molecule has 4 amide bonds. The Bertz CT molecular complexity index is 1440. The molecule has 3 aromatic rings. The summed E-state index contributed by atoms with van der Waals surface area (Å²) >= 11 is 0. The maximum atomic E-state index is 13.7. The number of nitrogens with one attached hydrogen (secondary N) is 1. The van der Waals surface area contributed by atoms with Crippen LogP contribution in [0.2, 0.25) is 0 Å². The van der Waals surface area contributed by atoms with Crippen molar-refractivity contribution in [2.24, 2.45) is 0 Å². The monoisotopic (exact) mass is 584 g/mol. The van der Waals surface area contributed by atoms with Crippen LogP contribution < -0.4 is 10.2 Å². The largest absolute Gasteiger partial charge is 0.416 e. The zero-order chi connectivity index (χ0) is 30.3. The maximum Gasteiger partial charge on any atom is 0.416 e. The number of hydroxylamine groups is 2. The second-order valence-electron chi connectivity index (χ2n) is 9.79. The first-order chi connectivity index (χ1) is 19.0. The molecule has 0 unspecified atom stereocenters. The summed E-state index contributed by atoms with van der Waals surface area (Å²) in [5.74, 6) is -0.544. The lowest BCUT2D eigenvalue weighted by Gasteiger charge is -2.38. The predicted molar refractivity (Wildman–Crippen MR) is 133 cm³/mol. The van der Waals surface area contributed by atoms with E-state index in [1.165, 1.54) is 36.9 Å². The van der Waals surface area contributed by atoms with E-state index in [1.807, 2.05) is 0 Å². The summed E-state index contributed by atoms with van der Waals surface area (Å²) in [6.07, 6.45) is -11.2. The van der Waals surface area contributed by atoms with Gasteiger partial charge in [-0.2, -0.15) is 31.4 Å².